The number of ether oxygens (including phenoxy) is 2. The largest absolute Gasteiger partial charge is 0.469 e. The van der Waals surface area contributed by atoms with Crippen molar-refractivity contribution in [3.8, 4) is 0 Å². The van der Waals surface area contributed by atoms with Crippen molar-refractivity contribution in [2.45, 2.75) is 32.1 Å². The molecular formula is C14H24N2O4S. The number of nitrogens with zero attached hydrogens (tertiary/aromatic N) is 1. The van der Waals surface area contributed by atoms with Gasteiger partial charge >= 0.3 is 5.97 Å². The topological polar surface area (TPSA) is 81.9 Å². The van der Waals surface area contributed by atoms with Crippen LogP contribution in [0.1, 0.15) is 32.1 Å². The van der Waals surface area contributed by atoms with Crippen molar-refractivity contribution in [3.63, 3.8) is 0 Å². The van der Waals surface area contributed by atoms with Gasteiger partial charge in [-0.25, -0.2) is 0 Å². The second-order valence-electron chi connectivity index (χ2n) is 5.26. The standard InChI is InChI=1S/C14H24N2O4S/c1-19-10-9-16(8-5-11(17)20-2)13(18)14(12(15)21)6-3-4-7-14/h3-10H2,1-2H3,(H2,15,21). The lowest BCUT2D eigenvalue weighted by Crippen LogP contribution is -2.50. The normalized spacial score (nSPS) is 16.5. The molecule has 1 aliphatic rings. The maximum absolute atomic E-state index is 12.9. The maximum Gasteiger partial charge on any atom is 0.307 e. The van der Waals surface area contributed by atoms with Gasteiger partial charge in [-0.2, -0.15) is 0 Å². The first kappa shape index (κ1) is 17.8. The Balaban J connectivity index is 2.82. The van der Waals surface area contributed by atoms with Crippen molar-refractivity contribution in [2.75, 3.05) is 33.9 Å². The average molecular weight is 316 g/mol. The van der Waals surface area contributed by atoms with Crippen LogP contribution in [0.5, 0.6) is 0 Å². The summed E-state index contributed by atoms with van der Waals surface area (Å²) in [7, 11) is 2.90. The van der Waals surface area contributed by atoms with Gasteiger partial charge in [0.1, 0.15) is 0 Å². The average Bonchev–Trinajstić information content (AvgIpc) is 2.97. The molecule has 7 heteroatoms. The summed E-state index contributed by atoms with van der Waals surface area (Å²) in [6.07, 6.45) is 3.40. The highest BCUT2D eigenvalue weighted by molar-refractivity contribution is 7.80. The van der Waals surface area contributed by atoms with Crippen LogP contribution in [-0.4, -0.2) is 55.7 Å². The highest BCUT2D eigenvalue weighted by Gasteiger charge is 2.46. The first-order valence-electron chi connectivity index (χ1n) is 7.13. The van der Waals surface area contributed by atoms with Gasteiger partial charge in [-0.1, -0.05) is 25.1 Å². The van der Waals surface area contributed by atoms with Crippen LogP contribution in [0.3, 0.4) is 0 Å². The van der Waals surface area contributed by atoms with Crippen LogP contribution >= 0.6 is 12.2 Å². The summed E-state index contributed by atoms with van der Waals surface area (Å²) < 4.78 is 9.66. The molecule has 0 aliphatic heterocycles. The Hall–Kier alpha value is -1.21. The Labute approximate surface area is 130 Å². The highest BCUT2D eigenvalue weighted by atomic mass is 32.1. The van der Waals surface area contributed by atoms with Gasteiger partial charge in [-0.15, -0.1) is 0 Å². The lowest BCUT2D eigenvalue weighted by Gasteiger charge is -2.33. The van der Waals surface area contributed by atoms with Crippen LogP contribution in [0.25, 0.3) is 0 Å². The molecule has 0 aromatic rings. The zero-order chi connectivity index (χ0) is 15.9. The molecule has 0 aromatic heterocycles. The van der Waals surface area contributed by atoms with Crippen LogP contribution < -0.4 is 5.73 Å². The van der Waals surface area contributed by atoms with Crippen molar-refractivity contribution >= 4 is 29.1 Å². The Morgan fingerprint density at radius 1 is 1.24 bits per heavy atom. The first-order valence-corrected chi connectivity index (χ1v) is 7.54. The first-order chi connectivity index (χ1) is 9.97. The quantitative estimate of drug-likeness (QED) is 0.528. The summed E-state index contributed by atoms with van der Waals surface area (Å²) >= 11 is 5.14. The molecule has 1 amide bonds. The van der Waals surface area contributed by atoms with Crippen molar-refractivity contribution in [1.82, 2.24) is 4.90 Å². The van der Waals surface area contributed by atoms with Crippen LogP contribution in [0.15, 0.2) is 0 Å². The number of thiocarbonyl (C=S) groups is 1. The molecule has 0 atom stereocenters. The fourth-order valence-corrected chi connectivity index (χ4v) is 2.98. The van der Waals surface area contributed by atoms with Crippen LogP contribution in [0.4, 0.5) is 0 Å². The van der Waals surface area contributed by atoms with Gasteiger partial charge in [0.15, 0.2) is 0 Å². The molecule has 2 N–H and O–H groups in total. The number of nitrogens with two attached hydrogens (primary N) is 1. The van der Waals surface area contributed by atoms with E-state index in [0.29, 0.717) is 32.5 Å². The lowest BCUT2D eigenvalue weighted by atomic mass is 9.84. The Bertz CT molecular complexity index is 394. The molecule has 0 radical (unpaired) electrons. The summed E-state index contributed by atoms with van der Waals surface area (Å²) in [5.74, 6) is -0.436. The Morgan fingerprint density at radius 3 is 2.33 bits per heavy atom. The van der Waals surface area contributed by atoms with Crippen molar-refractivity contribution in [3.05, 3.63) is 0 Å². The predicted molar refractivity (Wildman–Crippen MR) is 82.8 cm³/mol. The molecule has 0 spiro atoms. The van der Waals surface area contributed by atoms with Gasteiger partial charge < -0.3 is 20.1 Å². The predicted octanol–water partition coefficient (Wildman–Crippen LogP) is 0.871. The zero-order valence-electron chi connectivity index (χ0n) is 12.7. The summed E-state index contributed by atoms with van der Waals surface area (Å²) in [4.78, 5) is 26.0. The van der Waals surface area contributed by atoms with Crippen molar-refractivity contribution < 1.29 is 19.1 Å². The van der Waals surface area contributed by atoms with Gasteiger partial charge in [-0.3, -0.25) is 9.59 Å². The summed E-state index contributed by atoms with van der Waals surface area (Å²) in [5, 5.41) is 0. The number of rotatable bonds is 8. The van der Waals surface area contributed by atoms with Gasteiger partial charge in [0, 0.05) is 20.2 Å². The third kappa shape index (κ3) is 4.38. The summed E-state index contributed by atoms with van der Waals surface area (Å²) in [6.45, 7) is 1.11. The molecule has 120 valence electrons. The molecule has 1 saturated carbocycles. The van der Waals surface area contributed by atoms with Gasteiger partial charge in [0.2, 0.25) is 5.91 Å². The van der Waals surface area contributed by atoms with E-state index in [1.165, 1.54) is 7.11 Å². The minimum Gasteiger partial charge on any atom is -0.469 e. The molecule has 0 aromatic carbocycles. The molecule has 0 saturated heterocycles. The monoisotopic (exact) mass is 316 g/mol. The van der Waals surface area contributed by atoms with Gasteiger partial charge in [0.25, 0.3) is 0 Å². The Morgan fingerprint density at radius 2 is 1.86 bits per heavy atom. The summed E-state index contributed by atoms with van der Waals surface area (Å²) in [5.41, 5.74) is 5.09. The summed E-state index contributed by atoms with van der Waals surface area (Å²) in [6, 6.07) is 0. The number of methoxy groups -OCH3 is 2. The third-order valence-corrected chi connectivity index (χ3v) is 4.39. The van der Waals surface area contributed by atoms with E-state index in [2.05, 4.69) is 4.74 Å². The molecule has 6 nitrogen and oxygen atoms in total. The number of carbonyl (C=O) groups excluding carboxylic acids is 2. The van der Waals surface area contributed by atoms with E-state index in [1.54, 1.807) is 12.0 Å². The molecular weight excluding hydrogens is 292 g/mol. The van der Waals surface area contributed by atoms with Gasteiger partial charge in [-0.05, 0) is 12.8 Å². The number of hydrogen-bond acceptors (Lipinski definition) is 5. The van der Waals surface area contributed by atoms with Crippen LogP contribution in [0.2, 0.25) is 0 Å². The van der Waals surface area contributed by atoms with E-state index in [4.69, 9.17) is 22.7 Å². The lowest BCUT2D eigenvalue weighted by molar-refractivity contribution is -0.143. The smallest absolute Gasteiger partial charge is 0.307 e. The SMILES string of the molecule is COCCN(CCC(=O)OC)C(=O)C1(C(N)=S)CCCC1. The second kappa shape index (κ2) is 8.29. The molecule has 0 bridgehead atoms. The molecule has 1 rings (SSSR count). The van der Waals surface area contributed by atoms with E-state index >= 15 is 0 Å². The molecule has 21 heavy (non-hydrogen) atoms. The zero-order valence-corrected chi connectivity index (χ0v) is 13.5. The molecule has 0 unspecified atom stereocenters. The minimum atomic E-state index is -0.751. The highest BCUT2D eigenvalue weighted by Crippen LogP contribution is 2.40. The number of hydrogen-bond donors (Lipinski definition) is 1. The third-order valence-electron chi connectivity index (χ3n) is 4.00. The molecule has 0 heterocycles. The fraction of sp³-hybridized carbons (Fsp3) is 0.786. The van der Waals surface area contributed by atoms with Gasteiger partial charge in [0.05, 0.1) is 30.5 Å². The van der Waals surface area contributed by atoms with Crippen molar-refractivity contribution in [1.29, 1.82) is 0 Å². The number of carbonyl (C=O) groups is 2. The minimum absolute atomic E-state index is 0.0894. The van der Waals surface area contributed by atoms with E-state index in [-0.39, 0.29) is 23.3 Å². The molecule has 1 aliphatic carbocycles. The number of esters is 1. The fourth-order valence-electron chi connectivity index (χ4n) is 2.69. The second-order valence-corrected chi connectivity index (χ2v) is 5.70. The van der Waals surface area contributed by atoms with E-state index < -0.39 is 5.41 Å². The van der Waals surface area contributed by atoms with Crippen LogP contribution in [-0.2, 0) is 19.1 Å². The number of amides is 1. The molecule has 1 fully saturated rings. The Kier molecular flexibility index (Phi) is 7.04. The van der Waals surface area contributed by atoms with Crippen LogP contribution in [0, 0.1) is 5.41 Å². The van der Waals surface area contributed by atoms with E-state index in [0.717, 1.165) is 12.8 Å². The maximum atomic E-state index is 12.9. The van der Waals surface area contributed by atoms with Crippen molar-refractivity contribution in [2.24, 2.45) is 11.1 Å². The van der Waals surface area contributed by atoms with E-state index in [1.807, 2.05) is 0 Å². The van der Waals surface area contributed by atoms with E-state index in [9.17, 15) is 9.59 Å².